The molecule has 0 bridgehead atoms. The minimum atomic E-state index is -0.171. The second-order valence-electron chi connectivity index (χ2n) is 6.50. The van der Waals surface area contributed by atoms with E-state index >= 15 is 0 Å². The highest BCUT2D eigenvalue weighted by Crippen LogP contribution is 2.23. The number of nitrogens with zero attached hydrogens (tertiary/aromatic N) is 4. The molecule has 25 heavy (non-hydrogen) atoms. The molecule has 0 fully saturated rings. The molecule has 1 atom stereocenters. The SMILES string of the molecule is Cc1nnc2n1CCN(CC(=O)N[C@H](C)c1cc3ccccc3o1)C2. The van der Waals surface area contributed by atoms with Crippen molar-refractivity contribution in [3.63, 3.8) is 0 Å². The lowest BCUT2D eigenvalue weighted by molar-refractivity contribution is -0.123. The van der Waals surface area contributed by atoms with Gasteiger partial charge in [0.1, 0.15) is 23.0 Å². The third-order valence-corrected chi connectivity index (χ3v) is 4.63. The Morgan fingerprint density at radius 1 is 1.32 bits per heavy atom. The molecule has 1 aliphatic heterocycles. The van der Waals surface area contributed by atoms with Crippen LogP contribution >= 0.6 is 0 Å². The van der Waals surface area contributed by atoms with Crippen LogP contribution in [0, 0.1) is 6.92 Å². The quantitative estimate of drug-likeness (QED) is 0.787. The maximum absolute atomic E-state index is 12.4. The van der Waals surface area contributed by atoms with Gasteiger partial charge in [-0.25, -0.2) is 0 Å². The van der Waals surface area contributed by atoms with Gasteiger partial charge in [-0.05, 0) is 26.0 Å². The number of hydrogen-bond acceptors (Lipinski definition) is 5. The molecule has 0 unspecified atom stereocenters. The summed E-state index contributed by atoms with van der Waals surface area (Å²) in [4.78, 5) is 14.5. The number of carbonyl (C=O) groups is 1. The number of benzene rings is 1. The highest BCUT2D eigenvalue weighted by atomic mass is 16.3. The van der Waals surface area contributed by atoms with Gasteiger partial charge in [-0.15, -0.1) is 10.2 Å². The van der Waals surface area contributed by atoms with E-state index in [1.165, 1.54) is 0 Å². The van der Waals surface area contributed by atoms with E-state index in [1.54, 1.807) is 0 Å². The van der Waals surface area contributed by atoms with Crippen LogP contribution in [-0.2, 0) is 17.9 Å². The molecule has 3 aromatic rings. The lowest BCUT2D eigenvalue weighted by Gasteiger charge is -2.27. The molecule has 130 valence electrons. The summed E-state index contributed by atoms with van der Waals surface area (Å²) in [5.41, 5.74) is 0.837. The molecule has 0 radical (unpaired) electrons. The molecule has 1 N–H and O–H groups in total. The molecular formula is C18H21N5O2. The van der Waals surface area contributed by atoms with Crippen molar-refractivity contribution < 1.29 is 9.21 Å². The molecule has 1 aromatic carbocycles. The smallest absolute Gasteiger partial charge is 0.234 e. The Balaban J connectivity index is 1.37. The fourth-order valence-corrected chi connectivity index (χ4v) is 3.27. The van der Waals surface area contributed by atoms with Crippen LogP contribution in [0.3, 0.4) is 0 Å². The number of rotatable bonds is 4. The lowest BCUT2D eigenvalue weighted by atomic mass is 10.2. The van der Waals surface area contributed by atoms with Crippen LogP contribution in [0.25, 0.3) is 11.0 Å². The Bertz CT molecular complexity index is 880. The van der Waals surface area contributed by atoms with Gasteiger partial charge in [-0.3, -0.25) is 9.69 Å². The van der Waals surface area contributed by atoms with E-state index in [0.29, 0.717) is 13.1 Å². The number of furan rings is 1. The molecule has 7 heteroatoms. The average Bonchev–Trinajstić information content (AvgIpc) is 3.18. The molecule has 4 rings (SSSR count). The van der Waals surface area contributed by atoms with Crippen molar-refractivity contribution in [2.24, 2.45) is 0 Å². The summed E-state index contributed by atoms with van der Waals surface area (Å²) >= 11 is 0. The average molecular weight is 339 g/mol. The second-order valence-corrected chi connectivity index (χ2v) is 6.50. The van der Waals surface area contributed by atoms with Crippen LogP contribution in [0.4, 0.5) is 0 Å². The first-order valence-electron chi connectivity index (χ1n) is 8.49. The predicted molar refractivity (Wildman–Crippen MR) is 92.8 cm³/mol. The highest BCUT2D eigenvalue weighted by Gasteiger charge is 2.22. The maximum Gasteiger partial charge on any atom is 0.234 e. The van der Waals surface area contributed by atoms with Crippen LogP contribution in [0.5, 0.6) is 0 Å². The van der Waals surface area contributed by atoms with Crippen LogP contribution < -0.4 is 5.32 Å². The van der Waals surface area contributed by atoms with E-state index in [4.69, 9.17) is 4.42 Å². The molecule has 1 aliphatic rings. The Morgan fingerprint density at radius 2 is 2.16 bits per heavy atom. The van der Waals surface area contributed by atoms with Gasteiger partial charge >= 0.3 is 0 Å². The molecule has 0 aliphatic carbocycles. The lowest BCUT2D eigenvalue weighted by Crippen LogP contribution is -2.42. The largest absolute Gasteiger partial charge is 0.459 e. The summed E-state index contributed by atoms with van der Waals surface area (Å²) in [6.45, 7) is 6.52. The Hall–Kier alpha value is -2.67. The van der Waals surface area contributed by atoms with E-state index in [2.05, 4.69) is 25.0 Å². The molecule has 3 heterocycles. The minimum Gasteiger partial charge on any atom is -0.459 e. The zero-order valence-electron chi connectivity index (χ0n) is 14.4. The van der Waals surface area contributed by atoms with Gasteiger partial charge in [0.05, 0.1) is 19.1 Å². The first-order chi connectivity index (χ1) is 12.1. The third kappa shape index (κ3) is 3.15. The normalized spacial score (nSPS) is 15.9. The van der Waals surface area contributed by atoms with E-state index in [0.717, 1.165) is 41.5 Å². The van der Waals surface area contributed by atoms with E-state index in [-0.39, 0.29) is 11.9 Å². The number of amides is 1. The number of aryl methyl sites for hydroxylation is 1. The maximum atomic E-state index is 12.4. The number of fused-ring (bicyclic) bond motifs is 2. The Morgan fingerprint density at radius 3 is 3.00 bits per heavy atom. The fourth-order valence-electron chi connectivity index (χ4n) is 3.27. The molecule has 0 spiro atoms. The minimum absolute atomic E-state index is 0.0161. The van der Waals surface area contributed by atoms with Crippen molar-refractivity contribution in [2.75, 3.05) is 13.1 Å². The summed E-state index contributed by atoms with van der Waals surface area (Å²) < 4.78 is 7.92. The van der Waals surface area contributed by atoms with Crippen molar-refractivity contribution in [2.45, 2.75) is 33.0 Å². The zero-order valence-corrected chi connectivity index (χ0v) is 14.4. The first kappa shape index (κ1) is 15.8. The molecule has 0 saturated carbocycles. The van der Waals surface area contributed by atoms with Gasteiger partial charge in [0, 0.05) is 18.5 Å². The monoisotopic (exact) mass is 339 g/mol. The van der Waals surface area contributed by atoms with Crippen LogP contribution in [0.2, 0.25) is 0 Å². The van der Waals surface area contributed by atoms with Gasteiger partial charge < -0.3 is 14.3 Å². The summed E-state index contributed by atoms with van der Waals surface area (Å²) in [6.07, 6.45) is 0. The van der Waals surface area contributed by atoms with Gasteiger partial charge in [0.15, 0.2) is 0 Å². The number of para-hydroxylation sites is 1. The number of aromatic nitrogens is 3. The summed E-state index contributed by atoms with van der Waals surface area (Å²) in [7, 11) is 0. The topological polar surface area (TPSA) is 76.2 Å². The summed E-state index contributed by atoms with van der Waals surface area (Å²) in [5, 5.41) is 12.3. The third-order valence-electron chi connectivity index (χ3n) is 4.63. The summed E-state index contributed by atoms with van der Waals surface area (Å²) in [6, 6.07) is 9.65. The first-order valence-corrected chi connectivity index (χ1v) is 8.49. The van der Waals surface area contributed by atoms with Crippen molar-refractivity contribution in [3.05, 3.63) is 47.7 Å². The number of nitrogens with one attached hydrogen (secondary N) is 1. The fraction of sp³-hybridized carbons (Fsp3) is 0.389. The number of carbonyl (C=O) groups excluding carboxylic acids is 1. The van der Waals surface area contributed by atoms with Gasteiger partial charge in [-0.1, -0.05) is 18.2 Å². The predicted octanol–water partition coefficient (Wildman–Crippen LogP) is 2.03. The Labute approximate surface area is 145 Å². The molecule has 0 saturated heterocycles. The van der Waals surface area contributed by atoms with Gasteiger partial charge in [-0.2, -0.15) is 0 Å². The Kier molecular flexibility index (Phi) is 4.01. The highest BCUT2D eigenvalue weighted by molar-refractivity contribution is 5.80. The van der Waals surface area contributed by atoms with E-state index < -0.39 is 0 Å². The number of hydrogen-bond donors (Lipinski definition) is 1. The van der Waals surface area contributed by atoms with Crippen molar-refractivity contribution in [1.29, 1.82) is 0 Å². The second kappa shape index (κ2) is 6.33. The van der Waals surface area contributed by atoms with Crippen LogP contribution in [0.15, 0.2) is 34.7 Å². The molecular weight excluding hydrogens is 318 g/mol. The van der Waals surface area contributed by atoms with Crippen molar-refractivity contribution >= 4 is 16.9 Å². The van der Waals surface area contributed by atoms with Gasteiger partial charge in [0.25, 0.3) is 0 Å². The molecule has 1 amide bonds. The van der Waals surface area contributed by atoms with E-state index in [9.17, 15) is 4.79 Å². The van der Waals surface area contributed by atoms with Crippen LogP contribution in [0.1, 0.15) is 30.4 Å². The van der Waals surface area contributed by atoms with Crippen LogP contribution in [-0.4, -0.2) is 38.7 Å². The van der Waals surface area contributed by atoms with Crippen molar-refractivity contribution in [1.82, 2.24) is 25.0 Å². The zero-order chi connectivity index (χ0) is 17.4. The van der Waals surface area contributed by atoms with Crippen molar-refractivity contribution in [3.8, 4) is 0 Å². The van der Waals surface area contributed by atoms with E-state index in [1.807, 2.05) is 44.2 Å². The summed E-state index contributed by atoms with van der Waals surface area (Å²) in [5.74, 6) is 2.60. The van der Waals surface area contributed by atoms with Gasteiger partial charge in [0.2, 0.25) is 5.91 Å². The molecule has 7 nitrogen and oxygen atoms in total. The standard InChI is InChI=1S/C18H21N5O2/c1-12(16-9-14-5-3-4-6-15(14)25-16)19-18(24)11-22-7-8-23-13(2)20-21-17(23)10-22/h3-6,9,12H,7-8,10-11H2,1-2H3,(H,19,24)/t12-/m1/s1. The molecule has 2 aromatic heterocycles.